The van der Waals surface area contributed by atoms with Crippen LogP contribution < -0.4 is 9.84 Å². The van der Waals surface area contributed by atoms with E-state index in [9.17, 15) is 4.39 Å². The number of nitrogens with one attached hydrogen (secondary N) is 1. The number of benzene rings is 1. The zero-order valence-corrected chi connectivity index (χ0v) is 14.3. The molecule has 5 rings (SSSR count). The smallest absolute Gasteiger partial charge is 0.151 e. The second kappa shape index (κ2) is 5.28. The Bertz CT molecular complexity index is 836. The van der Waals surface area contributed by atoms with Crippen molar-refractivity contribution in [2.24, 2.45) is 0 Å². The van der Waals surface area contributed by atoms with E-state index in [2.05, 4.69) is 11.5 Å². The van der Waals surface area contributed by atoms with E-state index in [1.807, 2.05) is 33.6 Å². The summed E-state index contributed by atoms with van der Waals surface area (Å²) in [6, 6.07) is 7.57. The third-order valence-corrected chi connectivity index (χ3v) is 5.73. The quantitative estimate of drug-likeness (QED) is 0.823. The maximum absolute atomic E-state index is 14.8. The number of halogens is 1. The highest BCUT2D eigenvalue weighted by atomic mass is 32.2. The number of allylic oxidation sites excluding steroid dienone is 1. The molecule has 0 bridgehead atoms. The Labute approximate surface area is 144 Å². The minimum absolute atomic E-state index is 0.230. The van der Waals surface area contributed by atoms with Crippen molar-refractivity contribution in [2.75, 3.05) is 4.41 Å². The van der Waals surface area contributed by atoms with Gasteiger partial charge in [-0.25, -0.2) is 13.5 Å². The largest absolute Gasteiger partial charge is 0.292 e. The summed E-state index contributed by atoms with van der Waals surface area (Å²) < 4.78 is 18.5. The van der Waals surface area contributed by atoms with Gasteiger partial charge in [0.25, 0.3) is 0 Å². The number of rotatable bonds is 4. The number of hydrogen-bond acceptors (Lipinski definition) is 4. The molecule has 4 nitrogen and oxygen atoms in total. The average Bonchev–Trinajstić information content (AvgIpc) is 3.50. The fraction of sp³-hybridized carbons (Fsp3) is 0.389. The van der Waals surface area contributed by atoms with Gasteiger partial charge in [-0.05, 0) is 50.8 Å². The molecule has 0 unspecified atom stereocenters. The van der Waals surface area contributed by atoms with Crippen LogP contribution in [0, 0.1) is 5.82 Å². The summed E-state index contributed by atoms with van der Waals surface area (Å²) in [6.07, 6.45) is 4.81. The van der Waals surface area contributed by atoms with Crippen molar-refractivity contribution >= 4 is 17.6 Å². The van der Waals surface area contributed by atoms with Gasteiger partial charge in [0.05, 0.1) is 11.4 Å². The van der Waals surface area contributed by atoms with Crippen LogP contribution in [0.1, 0.15) is 55.8 Å². The first kappa shape index (κ1) is 14.4. The van der Waals surface area contributed by atoms with Crippen LogP contribution in [0.2, 0.25) is 0 Å². The number of hydrazine groups is 1. The van der Waals surface area contributed by atoms with Crippen molar-refractivity contribution in [3.8, 4) is 5.69 Å². The van der Waals surface area contributed by atoms with E-state index in [1.165, 1.54) is 43.3 Å². The Hall–Kier alpha value is -1.95. The Balaban J connectivity index is 1.50. The fourth-order valence-corrected chi connectivity index (χ4v) is 3.87. The Morgan fingerprint density at radius 3 is 2.58 bits per heavy atom. The van der Waals surface area contributed by atoms with Crippen LogP contribution in [0.3, 0.4) is 0 Å². The van der Waals surface area contributed by atoms with Crippen molar-refractivity contribution in [3.63, 3.8) is 0 Å². The topological polar surface area (TPSA) is 33.1 Å². The van der Waals surface area contributed by atoms with Gasteiger partial charge < -0.3 is 0 Å². The standard InChI is InChI=1S/C18H19FN4S/c1-11-10-24-23(20-11)14-6-7-17(15(19)8-14)22-18(13-4-5-13)9-16(21-22)12-2-3-12/h6-10,12-13,20H,2-5H2,1H3. The SMILES string of the molecule is CC1=CSN(c2ccc(-n3nc(C4CC4)cc3C3CC3)c(F)c2)N1. The molecule has 1 N–H and O–H groups in total. The lowest BCUT2D eigenvalue weighted by molar-refractivity contribution is 0.605. The first-order valence-electron chi connectivity index (χ1n) is 8.49. The third kappa shape index (κ3) is 2.49. The summed E-state index contributed by atoms with van der Waals surface area (Å²) in [7, 11) is 0. The number of nitrogens with zero attached hydrogens (tertiary/aromatic N) is 3. The summed E-state index contributed by atoms with van der Waals surface area (Å²) in [4.78, 5) is 0. The molecule has 2 saturated carbocycles. The minimum Gasteiger partial charge on any atom is -0.292 e. The van der Waals surface area contributed by atoms with Crippen molar-refractivity contribution in [3.05, 3.63) is 52.6 Å². The van der Waals surface area contributed by atoms with Gasteiger partial charge in [0.15, 0.2) is 5.82 Å². The van der Waals surface area contributed by atoms with Crippen molar-refractivity contribution in [2.45, 2.75) is 44.4 Å². The lowest BCUT2D eigenvalue weighted by Crippen LogP contribution is -2.25. The van der Waals surface area contributed by atoms with E-state index >= 15 is 0 Å². The number of hydrogen-bond donors (Lipinski definition) is 1. The number of anilines is 1. The molecule has 1 aromatic heterocycles. The van der Waals surface area contributed by atoms with E-state index < -0.39 is 0 Å². The molecule has 2 aliphatic carbocycles. The van der Waals surface area contributed by atoms with E-state index in [1.54, 1.807) is 6.07 Å². The molecule has 6 heteroatoms. The van der Waals surface area contributed by atoms with Crippen LogP contribution >= 0.6 is 11.9 Å². The van der Waals surface area contributed by atoms with Gasteiger partial charge in [0.2, 0.25) is 0 Å². The molecule has 2 fully saturated rings. The van der Waals surface area contributed by atoms with Gasteiger partial charge >= 0.3 is 0 Å². The summed E-state index contributed by atoms with van der Waals surface area (Å²) in [5, 5.41) is 6.74. The predicted octanol–water partition coefficient (Wildman–Crippen LogP) is 4.60. The molecule has 24 heavy (non-hydrogen) atoms. The van der Waals surface area contributed by atoms with Gasteiger partial charge in [-0.1, -0.05) is 0 Å². The van der Waals surface area contributed by atoms with E-state index in [-0.39, 0.29) is 5.82 Å². The highest BCUT2D eigenvalue weighted by Gasteiger charge is 2.33. The van der Waals surface area contributed by atoms with Crippen LogP contribution in [-0.4, -0.2) is 9.78 Å². The second-order valence-corrected chi connectivity index (χ2v) is 7.71. The van der Waals surface area contributed by atoms with E-state index in [0.29, 0.717) is 17.5 Å². The van der Waals surface area contributed by atoms with Gasteiger partial charge in [-0.2, -0.15) is 5.10 Å². The Kier molecular flexibility index (Phi) is 3.16. The monoisotopic (exact) mass is 342 g/mol. The highest BCUT2D eigenvalue weighted by Crippen LogP contribution is 2.45. The predicted molar refractivity (Wildman–Crippen MR) is 94.4 cm³/mol. The molecule has 0 amide bonds. The van der Waals surface area contributed by atoms with Gasteiger partial charge in [0.1, 0.15) is 5.69 Å². The molecule has 0 spiro atoms. The first-order chi connectivity index (χ1) is 11.7. The molecular weight excluding hydrogens is 323 g/mol. The highest BCUT2D eigenvalue weighted by molar-refractivity contribution is 8.03. The summed E-state index contributed by atoms with van der Waals surface area (Å²) in [6.45, 7) is 1.99. The maximum atomic E-state index is 14.8. The van der Waals surface area contributed by atoms with E-state index in [4.69, 9.17) is 5.10 Å². The lowest BCUT2D eigenvalue weighted by atomic mass is 10.2. The molecule has 0 atom stereocenters. The van der Waals surface area contributed by atoms with Crippen molar-refractivity contribution in [1.82, 2.24) is 15.2 Å². The lowest BCUT2D eigenvalue weighted by Gasteiger charge is -2.18. The second-order valence-electron chi connectivity index (χ2n) is 6.90. The van der Waals surface area contributed by atoms with E-state index in [0.717, 1.165) is 17.1 Å². The maximum Gasteiger partial charge on any atom is 0.151 e. The van der Waals surface area contributed by atoms with Crippen LogP contribution in [0.5, 0.6) is 0 Å². The van der Waals surface area contributed by atoms with Crippen LogP contribution in [-0.2, 0) is 0 Å². The van der Waals surface area contributed by atoms with Gasteiger partial charge in [-0.3, -0.25) is 5.43 Å². The minimum atomic E-state index is -0.230. The molecule has 2 aromatic rings. The van der Waals surface area contributed by atoms with Gasteiger partial charge in [-0.15, -0.1) is 0 Å². The normalized spacial score (nSPS) is 20.2. The summed E-state index contributed by atoms with van der Waals surface area (Å²) in [5.74, 6) is 0.906. The molecule has 0 saturated heterocycles. The van der Waals surface area contributed by atoms with Crippen LogP contribution in [0.15, 0.2) is 35.4 Å². The molecule has 3 aliphatic rings. The van der Waals surface area contributed by atoms with Crippen LogP contribution in [0.4, 0.5) is 10.1 Å². The zero-order chi connectivity index (χ0) is 16.3. The van der Waals surface area contributed by atoms with Crippen molar-refractivity contribution in [1.29, 1.82) is 0 Å². The molecule has 1 aliphatic heterocycles. The molecular formula is C18H19FN4S. The third-order valence-electron chi connectivity index (χ3n) is 4.75. The average molecular weight is 342 g/mol. The molecule has 2 heterocycles. The zero-order valence-electron chi connectivity index (χ0n) is 13.5. The number of aromatic nitrogens is 2. The Morgan fingerprint density at radius 2 is 1.96 bits per heavy atom. The van der Waals surface area contributed by atoms with Crippen molar-refractivity contribution < 1.29 is 4.39 Å². The summed E-state index contributed by atoms with van der Waals surface area (Å²) in [5.41, 5.74) is 7.92. The van der Waals surface area contributed by atoms with Crippen LogP contribution in [0.25, 0.3) is 5.69 Å². The Morgan fingerprint density at radius 1 is 1.17 bits per heavy atom. The molecule has 124 valence electrons. The fourth-order valence-electron chi connectivity index (χ4n) is 3.12. The molecule has 0 radical (unpaired) electrons. The molecule has 1 aromatic carbocycles. The van der Waals surface area contributed by atoms with Gasteiger partial charge in [0, 0.05) is 46.6 Å². The first-order valence-corrected chi connectivity index (χ1v) is 9.33. The summed E-state index contributed by atoms with van der Waals surface area (Å²) >= 11 is 1.52.